The maximum atomic E-state index is 11.8. The summed E-state index contributed by atoms with van der Waals surface area (Å²) in [7, 11) is 0. The molecule has 0 radical (unpaired) electrons. The van der Waals surface area contributed by atoms with Gasteiger partial charge in [0.15, 0.2) is 0 Å². The Kier molecular flexibility index (Phi) is 2.69. The average Bonchev–Trinajstić information content (AvgIpc) is 2.05. The molecule has 0 fully saturated rings. The number of aromatic nitrogens is 1. The molecule has 0 saturated heterocycles. The number of nitrogens with two attached hydrogens (primary N) is 1. The number of rotatable bonds is 2. The van der Waals surface area contributed by atoms with Gasteiger partial charge in [0.25, 0.3) is 0 Å². The minimum Gasteiger partial charge on any atom is -0.478 e. The SMILES string of the molecule is Nc1c(C(=O)O)ccnc1OC(F)(F)F. The largest absolute Gasteiger partial charge is 0.574 e. The summed E-state index contributed by atoms with van der Waals surface area (Å²) in [4.78, 5) is 13.7. The fourth-order valence-electron chi connectivity index (χ4n) is 0.831. The van der Waals surface area contributed by atoms with Crippen LogP contribution in [0.3, 0.4) is 0 Å². The molecule has 0 saturated carbocycles. The van der Waals surface area contributed by atoms with E-state index >= 15 is 0 Å². The molecule has 5 nitrogen and oxygen atoms in total. The van der Waals surface area contributed by atoms with Crippen molar-refractivity contribution in [3.8, 4) is 5.88 Å². The Balaban J connectivity index is 3.10. The third-order valence-corrected chi connectivity index (χ3v) is 1.40. The molecule has 0 aromatic carbocycles. The van der Waals surface area contributed by atoms with E-state index in [1.54, 1.807) is 0 Å². The number of carboxylic acids is 1. The standard InChI is InChI=1S/C7H5F3N2O3/c8-7(9,10)15-5-4(11)3(6(13)14)1-2-12-5/h1-2H,11H2,(H,13,14). The van der Waals surface area contributed by atoms with E-state index in [1.165, 1.54) is 0 Å². The molecule has 3 N–H and O–H groups in total. The lowest BCUT2D eigenvalue weighted by Gasteiger charge is -2.10. The van der Waals surface area contributed by atoms with Crippen molar-refractivity contribution in [2.24, 2.45) is 0 Å². The summed E-state index contributed by atoms with van der Waals surface area (Å²) in [5.41, 5.74) is 3.96. The van der Waals surface area contributed by atoms with Crippen LogP contribution in [0.4, 0.5) is 18.9 Å². The van der Waals surface area contributed by atoms with E-state index in [-0.39, 0.29) is 0 Å². The predicted molar refractivity (Wildman–Crippen MR) is 42.3 cm³/mol. The number of hydrogen-bond donors (Lipinski definition) is 2. The Morgan fingerprint density at radius 1 is 1.53 bits per heavy atom. The summed E-state index contributed by atoms with van der Waals surface area (Å²) < 4.78 is 38.8. The molecule has 0 atom stereocenters. The van der Waals surface area contributed by atoms with Crippen molar-refractivity contribution >= 4 is 11.7 Å². The van der Waals surface area contributed by atoms with E-state index in [9.17, 15) is 18.0 Å². The molecule has 0 aliphatic rings. The first-order valence-corrected chi connectivity index (χ1v) is 3.55. The number of anilines is 1. The second-order valence-corrected chi connectivity index (χ2v) is 2.43. The zero-order valence-corrected chi connectivity index (χ0v) is 7.08. The molecule has 82 valence electrons. The predicted octanol–water partition coefficient (Wildman–Crippen LogP) is 1.26. The lowest BCUT2D eigenvalue weighted by atomic mass is 10.2. The fraction of sp³-hybridized carbons (Fsp3) is 0.143. The average molecular weight is 222 g/mol. The van der Waals surface area contributed by atoms with Gasteiger partial charge in [-0.2, -0.15) is 0 Å². The first-order valence-electron chi connectivity index (χ1n) is 3.55. The summed E-state index contributed by atoms with van der Waals surface area (Å²) >= 11 is 0. The Morgan fingerprint density at radius 2 is 2.13 bits per heavy atom. The molecule has 15 heavy (non-hydrogen) atoms. The molecule has 0 unspecified atom stereocenters. The number of ether oxygens (including phenoxy) is 1. The highest BCUT2D eigenvalue weighted by Crippen LogP contribution is 2.28. The van der Waals surface area contributed by atoms with Crippen molar-refractivity contribution < 1.29 is 27.8 Å². The van der Waals surface area contributed by atoms with Crippen molar-refractivity contribution in [2.75, 3.05) is 5.73 Å². The Morgan fingerprint density at radius 3 is 2.60 bits per heavy atom. The number of pyridine rings is 1. The second-order valence-electron chi connectivity index (χ2n) is 2.43. The van der Waals surface area contributed by atoms with Crippen molar-refractivity contribution in [3.05, 3.63) is 17.8 Å². The van der Waals surface area contributed by atoms with Crippen LogP contribution in [-0.2, 0) is 0 Å². The minimum atomic E-state index is -4.96. The normalized spacial score (nSPS) is 11.1. The van der Waals surface area contributed by atoms with E-state index in [0.717, 1.165) is 12.3 Å². The molecule has 0 bridgehead atoms. The zero-order chi connectivity index (χ0) is 11.6. The van der Waals surface area contributed by atoms with Gasteiger partial charge in [-0.1, -0.05) is 0 Å². The van der Waals surface area contributed by atoms with Crippen molar-refractivity contribution in [2.45, 2.75) is 6.36 Å². The molecular weight excluding hydrogens is 217 g/mol. The molecule has 0 amide bonds. The zero-order valence-electron chi connectivity index (χ0n) is 7.08. The third kappa shape index (κ3) is 2.73. The molecule has 0 spiro atoms. The molecule has 0 aliphatic heterocycles. The van der Waals surface area contributed by atoms with E-state index in [4.69, 9.17) is 10.8 Å². The van der Waals surface area contributed by atoms with Gasteiger partial charge in [0, 0.05) is 6.20 Å². The maximum Gasteiger partial charge on any atom is 0.574 e. The van der Waals surface area contributed by atoms with Gasteiger partial charge in [0.2, 0.25) is 5.88 Å². The summed E-state index contributed by atoms with van der Waals surface area (Å²) in [6.07, 6.45) is -4.10. The Bertz CT molecular complexity index is 392. The van der Waals surface area contributed by atoms with Gasteiger partial charge in [-0.25, -0.2) is 9.78 Å². The van der Waals surface area contributed by atoms with Crippen LogP contribution in [0.25, 0.3) is 0 Å². The Labute approximate surface area is 81.3 Å². The topological polar surface area (TPSA) is 85.4 Å². The Hall–Kier alpha value is -1.99. The molecular formula is C7H5F3N2O3. The lowest BCUT2D eigenvalue weighted by Crippen LogP contribution is -2.19. The molecule has 1 rings (SSSR count). The lowest BCUT2D eigenvalue weighted by molar-refractivity contribution is -0.275. The van der Waals surface area contributed by atoms with Crippen LogP contribution in [0.15, 0.2) is 12.3 Å². The quantitative estimate of drug-likeness (QED) is 0.786. The van der Waals surface area contributed by atoms with Gasteiger partial charge >= 0.3 is 12.3 Å². The number of alkyl halides is 3. The first kappa shape index (κ1) is 11.1. The van der Waals surface area contributed by atoms with E-state index in [2.05, 4.69) is 9.72 Å². The van der Waals surface area contributed by atoms with Gasteiger partial charge in [-0.15, -0.1) is 13.2 Å². The molecule has 8 heteroatoms. The van der Waals surface area contributed by atoms with Crippen LogP contribution in [0, 0.1) is 0 Å². The van der Waals surface area contributed by atoms with Crippen LogP contribution in [-0.4, -0.2) is 22.4 Å². The number of nitrogens with zero attached hydrogens (tertiary/aromatic N) is 1. The van der Waals surface area contributed by atoms with Gasteiger partial charge in [0.05, 0.1) is 5.56 Å². The molecule has 0 aliphatic carbocycles. The smallest absolute Gasteiger partial charge is 0.478 e. The monoisotopic (exact) mass is 222 g/mol. The summed E-state index contributed by atoms with van der Waals surface area (Å²) in [5.74, 6) is -2.43. The van der Waals surface area contributed by atoms with E-state index < -0.39 is 29.5 Å². The number of nitrogen functional groups attached to an aromatic ring is 1. The van der Waals surface area contributed by atoms with Gasteiger partial charge < -0.3 is 15.6 Å². The highest BCUT2D eigenvalue weighted by atomic mass is 19.4. The van der Waals surface area contributed by atoms with E-state index in [1.807, 2.05) is 0 Å². The van der Waals surface area contributed by atoms with Gasteiger partial charge in [0.1, 0.15) is 5.69 Å². The van der Waals surface area contributed by atoms with Crippen LogP contribution in [0.1, 0.15) is 10.4 Å². The van der Waals surface area contributed by atoms with Crippen LogP contribution >= 0.6 is 0 Å². The maximum absolute atomic E-state index is 11.8. The highest BCUT2D eigenvalue weighted by Gasteiger charge is 2.33. The minimum absolute atomic E-state index is 0.496. The molecule has 1 aromatic rings. The van der Waals surface area contributed by atoms with Crippen molar-refractivity contribution in [3.63, 3.8) is 0 Å². The van der Waals surface area contributed by atoms with Crippen molar-refractivity contribution in [1.29, 1.82) is 0 Å². The summed E-state index contributed by atoms with van der Waals surface area (Å²) in [6.45, 7) is 0. The number of halogens is 3. The van der Waals surface area contributed by atoms with Gasteiger partial charge in [-0.3, -0.25) is 0 Å². The highest BCUT2D eigenvalue weighted by molar-refractivity contribution is 5.94. The third-order valence-electron chi connectivity index (χ3n) is 1.40. The van der Waals surface area contributed by atoms with Crippen LogP contribution < -0.4 is 10.5 Å². The number of carbonyl (C=O) groups is 1. The van der Waals surface area contributed by atoms with Crippen LogP contribution in [0.2, 0.25) is 0 Å². The molecule has 1 aromatic heterocycles. The van der Waals surface area contributed by atoms with Crippen molar-refractivity contribution in [1.82, 2.24) is 4.98 Å². The number of aromatic carboxylic acids is 1. The second kappa shape index (κ2) is 3.64. The molecule has 1 heterocycles. The van der Waals surface area contributed by atoms with Gasteiger partial charge in [-0.05, 0) is 6.07 Å². The van der Waals surface area contributed by atoms with Crippen LogP contribution in [0.5, 0.6) is 5.88 Å². The number of hydrogen-bond acceptors (Lipinski definition) is 4. The summed E-state index contributed by atoms with van der Waals surface area (Å²) in [6, 6.07) is 0.973. The fourth-order valence-corrected chi connectivity index (χ4v) is 0.831. The summed E-state index contributed by atoms with van der Waals surface area (Å²) in [5, 5.41) is 8.54. The van der Waals surface area contributed by atoms with E-state index in [0.29, 0.717) is 0 Å². The first-order chi connectivity index (χ1) is 6.81. The number of carboxylic acid groups (broad SMARTS) is 1.